The summed E-state index contributed by atoms with van der Waals surface area (Å²) in [7, 11) is 0. The molecule has 0 N–H and O–H groups in total. The van der Waals surface area contributed by atoms with Crippen LogP contribution in [0.1, 0.15) is 60.3 Å². The summed E-state index contributed by atoms with van der Waals surface area (Å²) < 4.78 is 4.40. The highest BCUT2D eigenvalue weighted by Crippen LogP contribution is 1.95. The van der Waals surface area contributed by atoms with Gasteiger partial charge in [0.25, 0.3) is 0 Å². The van der Waals surface area contributed by atoms with Crippen molar-refractivity contribution in [3.05, 3.63) is 0 Å². The molecule has 3 nitrogen and oxygen atoms in total. The number of alkyl halides is 2. The van der Waals surface area contributed by atoms with E-state index in [2.05, 4.69) is 18.6 Å². The molecule has 5 heteroatoms. The summed E-state index contributed by atoms with van der Waals surface area (Å²) in [6.45, 7) is 9.55. The smallest absolute Gasteiger partial charge is 0.302 e. The zero-order chi connectivity index (χ0) is 15.2. The summed E-state index contributed by atoms with van der Waals surface area (Å²) in [4.78, 5) is 9.82. The van der Waals surface area contributed by atoms with Crippen molar-refractivity contribution in [1.29, 1.82) is 5.26 Å². The second-order valence-electron chi connectivity index (χ2n) is 2.96. The van der Waals surface area contributed by atoms with Gasteiger partial charge in [-0.1, -0.05) is 39.5 Å². The number of rotatable bonds is 4. The van der Waals surface area contributed by atoms with E-state index in [4.69, 9.17) is 28.5 Å². The van der Waals surface area contributed by atoms with Crippen molar-refractivity contribution >= 4 is 29.2 Å². The Kier molecular flexibility index (Phi) is 52.3. The molecule has 0 unspecified atom stereocenters. The minimum absolute atomic E-state index is 0.194. The molecule has 0 bridgehead atoms. The van der Waals surface area contributed by atoms with E-state index in [-0.39, 0.29) is 11.3 Å². The van der Waals surface area contributed by atoms with E-state index in [0.717, 1.165) is 0 Å². The van der Waals surface area contributed by atoms with Crippen molar-refractivity contribution in [1.82, 2.24) is 0 Å². The maximum absolute atomic E-state index is 9.82. The molecule has 0 rings (SSSR count). The molecule has 0 spiro atoms. The molecule has 0 aliphatic rings. The van der Waals surface area contributed by atoms with Crippen LogP contribution in [0.15, 0.2) is 0 Å². The number of hydrogen-bond acceptors (Lipinski definition) is 3. The number of nitrogens with zero attached hydrogens (tertiary/aromatic N) is 1. The maximum Gasteiger partial charge on any atom is 0.302 e. The Hall–Kier alpha value is -0.460. The molecule has 0 heterocycles. The quantitative estimate of drug-likeness (QED) is 0.412. The van der Waals surface area contributed by atoms with Gasteiger partial charge < -0.3 is 4.74 Å². The van der Waals surface area contributed by atoms with Gasteiger partial charge in [0.05, 0.1) is 18.0 Å². The number of carbonyl (C=O) groups is 1. The molecule has 0 aromatic heterocycles. The van der Waals surface area contributed by atoms with E-state index in [1.54, 1.807) is 13.0 Å². The van der Waals surface area contributed by atoms with Crippen molar-refractivity contribution in [2.75, 3.05) is 11.9 Å². The van der Waals surface area contributed by atoms with Gasteiger partial charge in [0.1, 0.15) is 0 Å². The van der Waals surface area contributed by atoms with Crippen molar-refractivity contribution < 1.29 is 9.53 Å². The van der Waals surface area contributed by atoms with Crippen molar-refractivity contribution in [2.45, 2.75) is 60.3 Å². The van der Waals surface area contributed by atoms with Crippen molar-refractivity contribution in [3.63, 3.8) is 0 Å². The lowest BCUT2D eigenvalue weighted by Crippen LogP contribution is -1.95. The normalized spacial score (nSPS) is 7.00. The lowest BCUT2D eigenvalue weighted by atomic mass is 10.2. The van der Waals surface area contributed by atoms with Crippen LogP contribution in [0.3, 0.4) is 0 Å². The average molecular weight is 300 g/mol. The van der Waals surface area contributed by atoms with Gasteiger partial charge in [0.15, 0.2) is 0 Å². The van der Waals surface area contributed by atoms with Crippen LogP contribution in [0.4, 0.5) is 0 Å². The first kappa shape index (κ1) is 26.2. The standard InChI is InChI=1S/C6H14.C4H8O2.C2H3N.CH2Cl2/c1-3-5-6-4-2;1-3-6-4(2)5;1-2-3;2-1-3/h3-6H2,1-2H3;3H2,1-2H3;1H3;1H2. The first-order valence-corrected chi connectivity index (χ1v) is 7.15. The number of halogens is 2. The number of nitriles is 1. The molecule has 18 heavy (non-hydrogen) atoms. The van der Waals surface area contributed by atoms with Crippen LogP contribution in [0.25, 0.3) is 0 Å². The highest BCUT2D eigenvalue weighted by molar-refractivity contribution is 6.40. The van der Waals surface area contributed by atoms with Gasteiger partial charge in [-0.05, 0) is 6.92 Å². The van der Waals surface area contributed by atoms with Gasteiger partial charge in [0, 0.05) is 13.8 Å². The Morgan fingerprint density at radius 3 is 1.50 bits per heavy atom. The van der Waals surface area contributed by atoms with Crippen LogP contribution in [0, 0.1) is 11.3 Å². The largest absolute Gasteiger partial charge is 0.466 e. The molecule has 0 aliphatic heterocycles. The highest BCUT2D eigenvalue weighted by atomic mass is 35.5. The molecule has 110 valence electrons. The average Bonchev–Trinajstić information content (AvgIpc) is 2.29. The Morgan fingerprint density at radius 1 is 1.17 bits per heavy atom. The molecule has 0 saturated heterocycles. The van der Waals surface area contributed by atoms with E-state index in [1.165, 1.54) is 39.5 Å². The molecule has 0 fully saturated rings. The van der Waals surface area contributed by atoms with Gasteiger partial charge in [0.2, 0.25) is 0 Å². The first-order valence-electron chi connectivity index (χ1n) is 6.08. The van der Waals surface area contributed by atoms with Gasteiger partial charge in [-0.15, -0.1) is 23.2 Å². The van der Waals surface area contributed by atoms with Gasteiger partial charge in [-0.3, -0.25) is 4.79 Å². The van der Waals surface area contributed by atoms with Crippen molar-refractivity contribution in [3.8, 4) is 6.07 Å². The van der Waals surface area contributed by atoms with Crippen LogP contribution >= 0.6 is 23.2 Å². The summed E-state index contributed by atoms with van der Waals surface area (Å²) in [5.41, 5.74) is 0. The third-order valence-electron chi connectivity index (χ3n) is 1.30. The van der Waals surface area contributed by atoms with Crippen LogP contribution in [0.2, 0.25) is 0 Å². The monoisotopic (exact) mass is 299 g/mol. The maximum atomic E-state index is 9.82. The highest BCUT2D eigenvalue weighted by Gasteiger charge is 1.81. The summed E-state index contributed by atoms with van der Waals surface area (Å²) in [5, 5.41) is 7.51. The molecule has 0 aromatic rings. The summed E-state index contributed by atoms with van der Waals surface area (Å²) >= 11 is 9.53. The summed E-state index contributed by atoms with van der Waals surface area (Å²) in [5.74, 6) is -0.211. The zero-order valence-corrected chi connectivity index (χ0v) is 13.8. The summed E-state index contributed by atoms with van der Waals surface area (Å²) in [6.07, 6.45) is 5.54. The molecule has 0 aromatic carbocycles. The third kappa shape index (κ3) is 107. The Morgan fingerprint density at radius 2 is 1.44 bits per heavy atom. The van der Waals surface area contributed by atoms with Crippen LogP contribution < -0.4 is 0 Å². The van der Waals surface area contributed by atoms with E-state index < -0.39 is 0 Å². The fourth-order valence-corrected chi connectivity index (χ4v) is 0.703. The van der Waals surface area contributed by atoms with Crippen molar-refractivity contribution in [2.24, 2.45) is 0 Å². The minimum atomic E-state index is -0.211. The van der Waals surface area contributed by atoms with Crippen LogP contribution in [0.5, 0.6) is 0 Å². The first-order chi connectivity index (χ1) is 8.51. The zero-order valence-electron chi connectivity index (χ0n) is 12.3. The molecule has 0 amide bonds. The second kappa shape index (κ2) is 36.0. The Labute approximate surface area is 122 Å². The lowest BCUT2D eigenvalue weighted by Gasteiger charge is -1.89. The molecule has 0 saturated carbocycles. The molecular formula is C13H27Cl2NO2. The molecule has 0 aliphatic carbocycles. The van der Waals surface area contributed by atoms with E-state index in [9.17, 15) is 4.79 Å². The summed E-state index contributed by atoms with van der Waals surface area (Å²) in [6, 6.07) is 1.75. The SMILES string of the molecule is CC#N.CCCCCC.CCOC(C)=O.ClCCl. The van der Waals surface area contributed by atoms with E-state index in [1.807, 2.05) is 0 Å². The third-order valence-corrected chi connectivity index (χ3v) is 1.30. The van der Waals surface area contributed by atoms with E-state index >= 15 is 0 Å². The number of unbranched alkanes of at least 4 members (excludes halogenated alkanes) is 3. The van der Waals surface area contributed by atoms with Crippen LogP contribution in [-0.2, 0) is 9.53 Å². The fraction of sp³-hybridized carbons (Fsp3) is 0.846. The number of hydrogen-bond donors (Lipinski definition) is 0. The molecule has 0 atom stereocenters. The predicted octanol–water partition coefficient (Wildman–Crippen LogP) is 5.11. The van der Waals surface area contributed by atoms with Gasteiger partial charge >= 0.3 is 5.97 Å². The predicted molar refractivity (Wildman–Crippen MR) is 80.0 cm³/mol. The lowest BCUT2D eigenvalue weighted by molar-refractivity contribution is -0.140. The number of esters is 1. The number of ether oxygens (including phenoxy) is 1. The van der Waals surface area contributed by atoms with Gasteiger partial charge in [-0.2, -0.15) is 5.26 Å². The topological polar surface area (TPSA) is 50.1 Å². The van der Waals surface area contributed by atoms with E-state index in [0.29, 0.717) is 6.61 Å². The van der Waals surface area contributed by atoms with Gasteiger partial charge in [-0.25, -0.2) is 0 Å². The Bertz CT molecular complexity index is 167. The molecular weight excluding hydrogens is 273 g/mol. The Balaban J connectivity index is -0.0000000770. The fourth-order valence-electron chi connectivity index (χ4n) is 0.703. The molecule has 0 radical (unpaired) electrons. The van der Waals surface area contributed by atoms with Crippen LogP contribution in [-0.4, -0.2) is 17.9 Å². The number of carbonyl (C=O) groups excluding carboxylic acids is 1. The second-order valence-corrected chi connectivity index (χ2v) is 3.76. The minimum Gasteiger partial charge on any atom is -0.466 e.